The maximum absolute atomic E-state index is 11.1. The smallest absolute Gasteiger partial charge is 0.332 e. The van der Waals surface area contributed by atoms with Crippen molar-refractivity contribution in [2.24, 2.45) is 5.84 Å². The van der Waals surface area contributed by atoms with E-state index in [9.17, 15) is 10.1 Å². The van der Waals surface area contributed by atoms with Gasteiger partial charge in [0.05, 0.1) is 4.92 Å². The van der Waals surface area contributed by atoms with E-state index in [0.29, 0.717) is 6.54 Å². The molecule has 1 aliphatic heterocycles. The summed E-state index contributed by atoms with van der Waals surface area (Å²) in [6.45, 7) is 5.47. The van der Waals surface area contributed by atoms with E-state index in [1.807, 2.05) is 0 Å². The molecule has 1 aliphatic rings. The molecule has 9 heteroatoms. The predicted octanol–water partition coefficient (Wildman–Crippen LogP) is 0.877. The summed E-state index contributed by atoms with van der Waals surface area (Å²) in [6, 6.07) is 0. The van der Waals surface area contributed by atoms with E-state index < -0.39 is 4.92 Å². The standard InChI is InChI=1S/C12H21N7O2/c1-9-10(19(20)21)11(16-12(15-9)17-13)14-5-4-8-18-6-2-3-7-18/h2-8,13H2,1H3,(H2,14,15,16,17). The van der Waals surface area contributed by atoms with Crippen LogP contribution in [0.3, 0.4) is 0 Å². The molecule has 0 unspecified atom stereocenters. The topological polar surface area (TPSA) is 122 Å². The lowest BCUT2D eigenvalue weighted by atomic mass is 10.3. The molecule has 0 bridgehead atoms. The van der Waals surface area contributed by atoms with Crippen molar-refractivity contribution < 1.29 is 4.92 Å². The van der Waals surface area contributed by atoms with E-state index in [0.717, 1.165) is 26.1 Å². The molecule has 1 aromatic heterocycles. The molecular weight excluding hydrogens is 274 g/mol. The lowest BCUT2D eigenvalue weighted by Crippen LogP contribution is -2.22. The molecule has 0 aromatic carbocycles. The number of aryl methyl sites for hydroxylation is 1. The summed E-state index contributed by atoms with van der Waals surface area (Å²) in [7, 11) is 0. The number of rotatable bonds is 7. The first-order valence-electron chi connectivity index (χ1n) is 7.07. The van der Waals surface area contributed by atoms with Crippen LogP contribution in [0.15, 0.2) is 0 Å². The van der Waals surface area contributed by atoms with Crippen LogP contribution in [-0.4, -0.2) is 46.0 Å². The number of nitro groups is 1. The van der Waals surface area contributed by atoms with Crippen LogP contribution in [-0.2, 0) is 0 Å². The predicted molar refractivity (Wildman–Crippen MR) is 80.0 cm³/mol. The molecule has 21 heavy (non-hydrogen) atoms. The summed E-state index contributed by atoms with van der Waals surface area (Å²) >= 11 is 0. The average molecular weight is 295 g/mol. The Balaban J connectivity index is 1.96. The third kappa shape index (κ3) is 3.99. The molecule has 0 amide bonds. The van der Waals surface area contributed by atoms with Crippen molar-refractivity contribution in [1.29, 1.82) is 0 Å². The fourth-order valence-corrected chi connectivity index (χ4v) is 2.49. The van der Waals surface area contributed by atoms with E-state index >= 15 is 0 Å². The molecule has 116 valence electrons. The molecular formula is C12H21N7O2. The van der Waals surface area contributed by atoms with Gasteiger partial charge in [0.1, 0.15) is 5.69 Å². The van der Waals surface area contributed by atoms with Gasteiger partial charge in [-0.25, -0.2) is 10.8 Å². The molecule has 1 saturated heterocycles. The van der Waals surface area contributed by atoms with Crippen LogP contribution in [0, 0.1) is 17.0 Å². The third-order valence-electron chi connectivity index (χ3n) is 3.51. The van der Waals surface area contributed by atoms with Crippen LogP contribution in [0.2, 0.25) is 0 Å². The van der Waals surface area contributed by atoms with Crippen molar-refractivity contribution in [3.63, 3.8) is 0 Å². The number of nitrogens with two attached hydrogens (primary N) is 1. The van der Waals surface area contributed by atoms with Crippen LogP contribution >= 0.6 is 0 Å². The van der Waals surface area contributed by atoms with E-state index in [4.69, 9.17) is 5.84 Å². The highest BCUT2D eigenvalue weighted by Crippen LogP contribution is 2.26. The first-order valence-corrected chi connectivity index (χ1v) is 7.07. The average Bonchev–Trinajstić information content (AvgIpc) is 2.95. The van der Waals surface area contributed by atoms with Gasteiger partial charge in [0.25, 0.3) is 0 Å². The van der Waals surface area contributed by atoms with Crippen molar-refractivity contribution >= 4 is 17.5 Å². The number of nitrogens with zero attached hydrogens (tertiary/aromatic N) is 4. The Morgan fingerprint density at radius 1 is 1.38 bits per heavy atom. The van der Waals surface area contributed by atoms with Gasteiger partial charge in [0.15, 0.2) is 0 Å². The normalized spacial score (nSPS) is 15.1. The molecule has 2 rings (SSSR count). The SMILES string of the molecule is Cc1nc(NN)nc(NCCCN2CCCC2)c1[N+](=O)[O-]. The molecule has 0 radical (unpaired) electrons. The summed E-state index contributed by atoms with van der Waals surface area (Å²) in [5, 5.41) is 14.1. The Labute approximate surface area is 123 Å². The molecule has 0 saturated carbocycles. The summed E-state index contributed by atoms with van der Waals surface area (Å²) in [5.41, 5.74) is 2.50. The van der Waals surface area contributed by atoms with Crippen LogP contribution in [0.1, 0.15) is 25.0 Å². The summed E-state index contributed by atoms with van der Waals surface area (Å²) in [4.78, 5) is 21.0. The number of aromatic nitrogens is 2. The van der Waals surface area contributed by atoms with Gasteiger partial charge >= 0.3 is 5.69 Å². The highest BCUT2D eigenvalue weighted by Gasteiger charge is 2.21. The number of hydrogen-bond acceptors (Lipinski definition) is 8. The van der Waals surface area contributed by atoms with Crippen LogP contribution < -0.4 is 16.6 Å². The second-order valence-corrected chi connectivity index (χ2v) is 5.06. The van der Waals surface area contributed by atoms with E-state index in [2.05, 4.69) is 25.6 Å². The largest absolute Gasteiger partial charge is 0.364 e. The fourth-order valence-electron chi connectivity index (χ4n) is 2.49. The Kier molecular flexibility index (Phi) is 5.23. The van der Waals surface area contributed by atoms with Gasteiger partial charge in [-0.05, 0) is 45.8 Å². The zero-order valence-electron chi connectivity index (χ0n) is 12.1. The van der Waals surface area contributed by atoms with Gasteiger partial charge in [-0.3, -0.25) is 15.5 Å². The van der Waals surface area contributed by atoms with E-state index in [1.165, 1.54) is 12.8 Å². The Bertz CT molecular complexity index is 503. The zero-order valence-corrected chi connectivity index (χ0v) is 12.1. The Hall–Kier alpha value is -2.00. The van der Waals surface area contributed by atoms with E-state index in [1.54, 1.807) is 6.92 Å². The number of nitrogen functional groups attached to an aromatic ring is 1. The summed E-state index contributed by atoms with van der Waals surface area (Å²) < 4.78 is 0. The number of nitrogens with one attached hydrogen (secondary N) is 2. The Morgan fingerprint density at radius 2 is 2.10 bits per heavy atom. The number of hydrazine groups is 1. The summed E-state index contributed by atoms with van der Waals surface area (Å²) in [6.07, 6.45) is 3.43. The van der Waals surface area contributed by atoms with Gasteiger partial charge < -0.3 is 10.2 Å². The number of likely N-dealkylation sites (tertiary alicyclic amines) is 1. The minimum absolute atomic E-state index is 0.102. The number of hydrogen-bond donors (Lipinski definition) is 3. The third-order valence-corrected chi connectivity index (χ3v) is 3.51. The van der Waals surface area contributed by atoms with Gasteiger partial charge in [0, 0.05) is 6.54 Å². The van der Waals surface area contributed by atoms with Gasteiger partial charge in [-0.2, -0.15) is 4.98 Å². The van der Waals surface area contributed by atoms with Crippen molar-refractivity contribution in [2.45, 2.75) is 26.2 Å². The van der Waals surface area contributed by atoms with Crippen LogP contribution in [0.4, 0.5) is 17.5 Å². The fraction of sp³-hybridized carbons (Fsp3) is 0.667. The first kappa shape index (κ1) is 15.4. The maximum Gasteiger partial charge on any atom is 0.332 e. The molecule has 2 heterocycles. The van der Waals surface area contributed by atoms with Gasteiger partial charge in [0.2, 0.25) is 11.8 Å². The monoisotopic (exact) mass is 295 g/mol. The quantitative estimate of drug-likeness (QED) is 0.293. The molecule has 0 spiro atoms. The van der Waals surface area contributed by atoms with Crippen molar-refractivity contribution in [3.8, 4) is 0 Å². The maximum atomic E-state index is 11.1. The molecule has 1 fully saturated rings. The van der Waals surface area contributed by atoms with E-state index in [-0.39, 0.29) is 23.1 Å². The first-order chi connectivity index (χ1) is 10.1. The minimum Gasteiger partial charge on any atom is -0.364 e. The second kappa shape index (κ2) is 7.14. The molecule has 9 nitrogen and oxygen atoms in total. The van der Waals surface area contributed by atoms with Gasteiger partial charge in [-0.1, -0.05) is 0 Å². The second-order valence-electron chi connectivity index (χ2n) is 5.06. The Morgan fingerprint density at radius 3 is 2.71 bits per heavy atom. The highest BCUT2D eigenvalue weighted by atomic mass is 16.6. The molecule has 0 atom stereocenters. The summed E-state index contributed by atoms with van der Waals surface area (Å²) in [5.74, 6) is 5.65. The lowest BCUT2D eigenvalue weighted by molar-refractivity contribution is -0.385. The molecule has 4 N–H and O–H groups in total. The van der Waals surface area contributed by atoms with Gasteiger partial charge in [-0.15, -0.1) is 0 Å². The van der Waals surface area contributed by atoms with Crippen LogP contribution in [0.5, 0.6) is 0 Å². The highest BCUT2D eigenvalue weighted by molar-refractivity contribution is 5.60. The minimum atomic E-state index is -0.474. The van der Waals surface area contributed by atoms with Crippen molar-refractivity contribution in [2.75, 3.05) is 36.9 Å². The van der Waals surface area contributed by atoms with Crippen molar-refractivity contribution in [1.82, 2.24) is 14.9 Å². The number of anilines is 2. The molecule has 0 aliphatic carbocycles. The van der Waals surface area contributed by atoms with Crippen LogP contribution in [0.25, 0.3) is 0 Å². The van der Waals surface area contributed by atoms with Crippen molar-refractivity contribution in [3.05, 3.63) is 15.8 Å². The lowest BCUT2D eigenvalue weighted by Gasteiger charge is -2.14. The zero-order chi connectivity index (χ0) is 15.2. The molecule has 1 aromatic rings.